The molecule has 0 saturated heterocycles. The largest absolute Gasteiger partial charge is 0.282 e. The Morgan fingerprint density at radius 2 is 1.84 bits per heavy atom. The summed E-state index contributed by atoms with van der Waals surface area (Å²) in [7, 11) is 0. The van der Waals surface area contributed by atoms with Crippen LogP contribution in [0.1, 0.15) is 5.56 Å². The second-order valence-electron chi connectivity index (χ2n) is 5.34. The molecule has 0 aliphatic heterocycles. The predicted octanol–water partition coefficient (Wildman–Crippen LogP) is 2.83. The number of fused-ring (bicyclic) bond motifs is 2. The lowest BCUT2D eigenvalue weighted by molar-refractivity contribution is 0.628. The van der Waals surface area contributed by atoms with Gasteiger partial charge in [-0.2, -0.15) is 9.62 Å². The van der Waals surface area contributed by atoms with E-state index in [-0.39, 0.29) is 11.4 Å². The lowest BCUT2D eigenvalue weighted by Crippen LogP contribution is -2.18. The molecular weight excluding hydrogens is 321 g/mol. The number of rotatable bonds is 3. The maximum atomic E-state index is 12.9. The zero-order chi connectivity index (χ0) is 17.2. The monoisotopic (exact) mass is 333 g/mol. The van der Waals surface area contributed by atoms with E-state index in [0.717, 1.165) is 5.56 Å². The molecule has 0 bridgehead atoms. The summed E-state index contributed by atoms with van der Waals surface area (Å²) in [5.41, 5.74) is 4.33. The van der Waals surface area contributed by atoms with Gasteiger partial charge in [0.15, 0.2) is 11.5 Å². The number of benzene rings is 2. The van der Waals surface area contributed by atoms with E-state index in [4.69, 9.17) is 0 Å². The van der Waals surface area contributed by atoms with E-state index in [2.05, 4.69) is 20.6 Å². The Morgan fingerprint density at radius 3 is 2.68 bits per heavy atom. The van der Waals surface area contributed by atoms with Crippen molar-refractivity contribution in [3.63, 3.8) is 0 Å². The quantitative estimate of drug-likeness (QED) is 0.355. The van der Waals surface area contributed by atoms with Crippen LogP contribution in [-0.2, 0) is 0 Å². The molecule has 0 aliphatic carbocycles. The van der Waals surface area contributed by atoms with E-state index in [1.165, 1.54) is 22.9 Å². The minimum atomic E-state index is -0.305. The molecule has 2 heterocycles. The first-order valence-electron chi connectivity index (χ1n) is 7.54. The minimum Gasteiger partial charge on any atom is -0.267 e. The highest BCUT2D eigenvalue weighted by molar-refractivity contribution is 5.80. The number of halogens is 1. The zero-order valence-corrected chi connectivity index (χ0v) is 12.9. The van der Waals surface area contributed by atoms with Gasteiger partial charge in [-0.3, -0.25) is 10.2 Å². The molecule has 6 nitrogen and oxygen atoms in total. The molecule has 0 amide bonds. The normalized spacial score (nSPS) is 11.4. The van der Waals surface area contributed by atoms with Gasteiger partial charge in [-0.15, -0.1) is 5.10 Å². The minimum absolute atomic E-state index is 0.244. The van der Waals surface area contributed by atoms with Gasteiger partial charge in [0.25, 0.3) is 5.56 Å². The van der Waals surface area contributed by atoms with Crippen molar-refractivity contribution in [3.8, 4) is 0 Å². The average Bonchev–Trinajstić information content (AvgIpc) is 2.64. The highest BCUT2D eigenvalue weighted by Gasteiger charge is 2.06. The number of nitrogens with zero attached hydrogens (tertiary/aromatic N) is 4. The van der Waals surface area contributed by atoms with E-state index < -0.39 is 0 Å². The van der Waals surface area contributed by atoms with Gasteiger partial charge < -0.3 is 0 Å². The van der Waals surface area contributed by atoms with Gasteiger partial charge in [-0.05, 0) is 42.0 Å². The smallest absolute Gasteiger partial charge is 0.267 e. The van der Waals surface area contributed by atoms with Crippen LogP contribution in [0.3, 0.4) is 0 Å². The van der Waals surface area contributed by atoms with Gasteiger partial charge in [0.05, 0.1) is 17.1 Å². The third-order valence-corrected chi connectivity index (χ3v) is 3.64. The summed E-state index contributed by atoms with van der Waals surface area (Å²) in [6, 6.07) is 16.4. The van der Waals surface area contributed by atoms with E-state index in [1.807, 2.05) is 6.07 Å². The molecule has 4 aromatic rings. The van der Waals surface area contributed by atoms with Crippen LogP contribution < -0.4 is 11.0 Å². The Morgan fingerprint density at radius 1 is 1.04 bits per heavy atom. The van der Waals surface area contributed by atoms with Crippen LogP contribution in [0.25, 0.3) is 16.6 Å². The Hall–Kier alpha value is -3.61. The standard InChI is InChI=1S/C18H12FN5O/c19-13-7-5-12(6-8-13)11-20-22-16-9-10-17-21-15-4-2-1-3-14(15)18(25)24(17)23-16/h1-11H,(H,22,23)/b20-11-. The highest BCUT2D eigenvalue weighted by Crippen LogP contribution is 2.10. The van der Waals surface area contributed by atoms with Gasteiger partial charge in [0.2, 0.25) is 0 Å². The van der Waals surface area contributed by atoms with E-state index in [9.17, 15) is 9.18 Å². The summed E-state index contributed by atoms with van der Waals surface area (Å²) in [6.07, 6.45) is 1.53. The van der Waals surface area contributed by atoms with Crippen molar-refractivity contribution in [2.75, 3.05) is 5.43 Å². The Kier molecular flexibility index (Phi) is 3.66. The molecule has 1 N–H and O–H groups in total. The highest BCUT2D eigenvalue weighted by atomic mass is 19.1. The van der Waals surface area contributed by atoms with E-state index in [1.54, 1.807) is 42.5 Å². The summed E-state index contributed by atoms with van der Waals surface area (Å²) >= 11 is 0. The number of hydrazone groups is 1. The summed E-state index contributed by atoms with van der Waals surface area (Å²) in [5, 5.41) is 8.77. The molecular formula is C18H12FN5O. The van der Waals surface area contributed by atoms with Gasteiger partial charge >= 0.3 is 0 Å². The molecule has 0 aliphatic rings. The number of anilines is 1. The number of hydrogen-bond acceptors (Lipinski definition) is 5. The fraction of sp³-hybridized carbons (Fsp3) is 0. The van der Waals surface area contributed by atoms with Crippen LogP contribution in [0.5, 0.6) is 0 Å². The molecule has 0 fully saturated rings. The van der Waals surface area contributed by atoms with Crippen LogP contribution in [0, 0.1) is 5.82 Å². The number of nitrogens with one attached hydrogen (secondary N) is 1. The first-order valence-corrected chi connectivity index (χ1v) is 7.54. The molecule has 0 spiro atoms. The summed E-state index contributed by atoms with van der Waals surface area (Å²) in [6.45, 7) is 0. The van der Waals surface area contributed by atoms with Crippen molar-refractivity contribution in [1.29, 1.82) is 0 Å². The van der Waals surface area contributed by atoms with Crippen molar-refractivity contribution in [2.45, 2.75) is 0 Å². The lowest BCUT2D eigenvalue weighted by Gasteiger charge is -2.04. The van der Waals surface area contributed by atoms with Crippen LogP contribution in [0.2, 0.25) is 0 Å². The predicted molar refractivity (Wildman–Crippen MR) is 94.4 cm³/mol. The molecule has 4 rings (SSSR count). The Bertz CT molecular complexity index is 1150. The topological polar surface area (TPSA) is 71.7 Å². The molecule has 7 heteroatoms. The van der Waals surface area contributed by atoms with Crippen LogP contribution in [0.15, 0.2) is 70.6 Å². The SMILES string of the molecule is O=c1c2ccccc2nc2ccc(N/N=C\c3ccc(F)cc3)nn12. The van der Waals surface area contributed by atoms with Crippen LogP contribution in [-0.4, -0.2) is 20.8 Å². The van der Waals surface area contributed by atoms with Crippen LogP contribution in [0.4, 0.5) is 10.2 Å². The number of hydrogen-bond donors (Lipinski definition) is 1. The van der Waals surface area contributed by atoms with E-state index in [0.29, 0.717) is 22.4 Å². The summed E-state index contributed by atoms with van der Waals surface area (Å²) < 4.78 is 14.1. The van der Waals surface area contributed by atoms with Gasteiger partial charge in [0.1, 0.15) is 5.82 Å². The molecule has 2 aromatic carbocycles. The van der Waals surface area contributed by atoms with Gasteiger partial charge in [-0.25, -0.2) is 9.37 Å². The first-order chi connectivity index (χ1) is 12.2. The maximum Gasteiger partial charge on any atom is 0.282 e. The fourth-order valence-corrected chi connectivity index (χ4v) is 2.42. The molecule has 2 aromatic heterocycles. The maximum absolute atomic E-state index is 12.9. The summed E-state index contributed by atoms with van der Waals surface area (Å²) in [4.78, 5) is 16.9. The van der Waals surface area contributed by atoms with Crippen molar-refractivity contribution in [2.24, 2.45) is 5.10 Å². The lowest BCUT2D eigenvalue weighted by atomic mass is 10.2. The second-order valence-corrected chi connectivity index (χ2v) is 5.34. The van der Waals surface area contributed by atoms with E-state index >= 15 is 0 Å². The fourth-order valence-electron chi connectivity index (χ4n) is 2.42. The third kappa shape index (κ3) is 2.94. The van der Waals surface area contributed by atoms with Crippen molar-refractivity contribution >= 4 is 28.6 Å². The number of aromatic nitrogens is 3. The Labute approximate surface area is 141 Å². The molecule has 0 saturated carbocycles. The molecule has 0 atom stereocenters. The molecule has 0 radical (unpaired) electrons. The first kappa shape index (κ1) is 14.9. The van der Waals surface area contributed by atoms with Crippen LogP contribution >= 0.6 is 0 Å². The summed E-state index contributed by atoms with van der Waals surface area (Å²) in [5.74, 6) is 0.0884. The number of para-hydroxylation sites is 1. The Balaban J connectivity index is 1.66. The van der Waals surface area contributed by atoms with Crippen molar-refractivity contribution < 1.29 is 4.39 Å². The van der Waals surface area contributed by atoms with Crippen molar-refractivity contribution in [3.05, 3.63) is 82.4 Å². The average molecular weight is 333 g/mol. The molecule has 25 heavy (non-hydrogen) atoms. The second kappa shape index (κ2) is 6.12. The van der Waals surface area contributed by atoms with Gasteiger partial charge in [-0.1, -0.05) is 24.3 Å². The zero-order valence-electron chi connectivity index (χ0n) is 12.9. The molecule has 122 valence electrons. The van der Waals surface area contributed by atoms with Crippen molar-refractivity contribution in [1.82, 2.24) is 14.6 Å². The molecule has 0 unspecified atom stereocenters. The third-order valence-electron chi connectivity index (χ3n) is 3.64. The van der Waals surface area contributed by atoms with Gasteiger partial charge in [0, 0.05) is 0 Å².